The van der Waals surface area contributed by atoms with Crippen molar-refractivity contribution in [2.24, 2.45) is 0 Å². The Hall–Kier alpha value is -3.37. The van der Waals surface area contributed by atoms with Crippen molar-refractivity contribution in [1.29, 1.82) is 5.26 Å². The van der Waals surface area contributed by atoms with Gasteiger partial charge in [-0.25, -0.2) is 9.97 Å². The number of aryl methyl sites for hydroxylation is 1. The van der Waals surface area contributed by atoms with Gasteiger partial charge in [0.05, 0.1) is 41.7 Å². The number of rotatable bonds is 5. The average Bonchev–Trinajstić information content (AvgIpc) is 3.19. The van der Waals surface area contributed by atoms with E-state index in [0.29, 0.717) is 11.5 Å². The van der Waals surface area contributed by atoms with Gasteiger partial charge >= 0.3 is 0 Å². The van der Waals surface area contributed by atoms with Gasteiger partial charge in [-0.05, 0) is 50.1 Å². The quantitative estimate of drug-likeness (QED) is 0.733. The maximum Gasteiger partial charge on any atom is 0.148 e. The second-order valence-corrected chi connectivity index (χ2v) is 6.89. The molecular formula is C21H21N7. The fraction of sp³-hybridized carbons (Fsp3) is 0.286. The number of aromatic nitrogens is 4. The zero-order chi connectivity index (χ0) is 19.3. The third-order valence-electron chi connectivity index (χ3n) is 5.00. The lowest BCUT2D eigenvalue weighted by Gasteiger charge is -2.24. The van der Waals surface area contributed by atoms with Crippen molar-refractivity contribution in [3.05, 3.63) is 71.7 Å². The van der Waals surface area contributed by atoms with Crippen LogP contribution in [0.2, 0.25) is 0 Å². The average molecular weight is 371 g/mol. The molecule has 0 spiro atoms. The van der Waals surface area contributed by atoms with Crippen LogP contribution in [-0.4, -0.2) is 31.4 Å². The smallest absolute Gasteiger partial charge is 0.148 e. The molecule has 1 aliphatic rings. The summed E-state index contributed by atoms with van der Waals surface area (Å²) in [6.45, 7) is 3.97. The van der Waals surface area contributed by atoms with Crippen molar-refractivity contribution in [3.8, 4) is 6.07 Å². The lowest BCUT2D eigenvalue weighted by molar-refractivity contribution is 0.240. The first kappa shape index (κ1) is 18.0. The highest BCUT2D eigenvalue weighted by Gasteiger charge is 2.28. The van der Waals surface area contributed by atoms with E-state index < -0.39 is 0 Å². The zero-order valence-corrected chi connectivity index (χ0v) is 15.7. The minimum Gasteiger partial charge on any atom is -0.338 e. The standard InChI is InChI=1S/C21H21N7/c1-15-4-2-8-23-19(15)14-28-9-3-5-20(28)18-12-26-21(13-25-18)27-17-7-6-16(10-22)24-11-17/h2,4,6-8,11-13,20H,3,5,9,14H2,1H3,(H,26,27). The van der Waals surface area contributed by atoms with E-state index in [1.165, 1.54) is 5.56 Å². The molecule has 0 radical (unpaired) electrons. The number of nitrogens with zero attached hydrogens (tertiary/aromatic N) is 6. The third-order valence-corrected chi connectivity index (χ3v) is 5.00. The Balaban J connectivity index is 1.45. The van der Waals surface area contributed by atoms with Gasteiger partial charge in [0.25, 0.3) is 0 Å². The van der Waals surface area contributed by atoms with Crippen LogP contribution >= 0.6 is 0 Å². The van der Waals surface area contributed by atoms with E-state index in [1.807, 2.05) is 24.5 Å². The monoisotopic (exact) mass is 371 g/mol. The minimum atomic E-state index is 0.263. The molecule has 0 aliphatic carbocycles. The molecule has 28 heavy (non-hydrogen) atoms. The van der Waals surface area contributed by atoms with Crippen LogP contribution in [0.5, 0.6) is 0 Å². The summed E-state index contributed by atoms with van der Waals surface area (Å²) in [4.78, 5) is 20.2. The molecule has 4 heterocycles. The van der Waals surface area contributed by atoms with Crippen molar-refractivity contribution in [2.45, 2.75) is 32.4 Å². The predicted molar refractivity (Wildman–Crippen MR) is 106 cm³/mol. The first-order valence-corrected chi connectivity index (χ1v) is 9.32. The first-order chi connectivity index (χ1) is 13.7. The van der Waals surface area contributed by atoms with Crippen molar-refractivity contribution >= 4 is 11.5 Å². The maximum absolute atomic E-state index is 8.82. The molecule has 1 aliphatic heterocycles. The van der Waals surface area contributed by atoms with Gasteiger partial charge in [0.15, 0.2) is 0 Å². The van der Waals surface area contributed by atoms with Gasteiger partial charge in [0.1, 0.15) is 17.6 Å². The molecule has 3 aromatic rings. The number of hydrogen-bond acceptors (Lipinski definition) is 7. The van der Waals surface area contributed by atoms with E-state index in [4.69, 9.17) is 5.26 Å². The molecule has 0 aromatic carbocycles. The molecule has 0 saturated carbocycles. The summed E-state index contributed by atoms with van der Waals surface area (Å²) in [5.74, 6) is 0.653. The molecule has 1 unspecified atom stereocenters. The Labute approximate surface area is 164 Å². The lowest BCUT2D eigenvalue weighted by atomic mass is 10.1. The minimum absolute atomic E-state index is 0.263. The second-order valence-electron chi connectivity index (χ2n) is 6.89. The van der Waals surface area contributed by atoms with Crippen LogP contribution in [0.4, 0.5) is 11.5 Å². The van der Waals surface area contributed by atoms with Gasteiger partial charge in [-0.1, -0.05) is 6.07 Å². The molecule has 0 amide bonds. The Morgan fingerprint density at radius 2 is 2.07 bits per heavy atom. The fourth-order valence-corrected chi connectivity index (χ4v) is 3.48. The van der Waals surface area contributed by atoms with Crippen LogP contribution in [0, 0.1) is 18.3 Å². The summed E-state index contributed by atoms with van der Waals surface area (Å²) < 4.78 is 0. The Kier molecular flexibility index (Phi) is 5.22. The van der Waals surface area contributed by atoms with Gasteiger partial charge in [-0.15, -0.1) is 0 Å². The zero-order valence-electron chi connectivity index (χ0n) is 15.7. The van der Waals surface area contributed by atoms with E-state index in [1.54, 1.807) is 24.5 Å². The molecule has 140 valence electrons. The molecule has 1 N–H and O–H groups in total. The normalized spacial score (nSPS) is 16.6. The predicted octanol–water partition coefficient (Wildman–Crippen LogP) is 3.53. The first-order valence-electron chi connectivity index (χ1n) is 9.32. The van der Waals surface area contributed by atoms with E-state index in [2.05, 4.69) is 43.1 Å². The van der Waals surface area contributed by atoms with E-state index in [-0.39, 0.29) is 6.04 Å². The number of nitrogens with one attached hydrogen (secondary N) is 1. The molecule has 7 heteroatoms. The molecule has 1 fully saturated rings. The topological polar surface area (TPSA) is 90.6 Å². The van der Waals surface area contributed by atoms with Crippen molar-refractivity contribution in [2.75, 3.05) is 11.9 Å². The summed E-state index contributed by atoms with van der Waals surface area (Å²) in [5, 5.41) is 12.0. The van der Waals surface area contributed by atoms with E-state index in [9.17, 15) is 0 Å². The molecule has 0 bridgehead atoms. The fourth-order valence-electron chi connectivity index (χ4n) is 3.48. The van der Waals surface area contributed by atoms with Gasteiger partial charge in [0.2, 0.25) is 0 Å². The van der Waals surface area contributed by atoms with Crippen LogP contribution < -0.4 is 5.32 Å². The second kappa shape index (κ2) is 8.11. The lowest BCUT2D eigenvalue weighted by Crippen LogP contribution is -2.24. The summed E-state index contributed by atoms with van der Waals surface area (Å²) >= 11 is 0. The van der Waals surface area contributed by atoms with Crippen LogP contribution in [-0.2, 0) is 6.54 Å². The van der Waals surface area contributed by atoms with Gasteiger partial charge in [0, 0.05) is 12.7 Å². The maximum atomic E-state index is 8.82. The number of pyridine rings is 2. The van der Waals surface area contributed by atoms with Gasteiger partial charge in [-0.3, -0.25) is 14.9 Å². The Morgan fingerprint density at radius 1 is 1.14 bits per heavy atom. The summed E-state index contributed by atoms with van der Waals surface area (Å²) in [6.07, 6.45) is 9.28. The molecule has 1 atom stereocenters. The van der Waals surface area contributed by atoms with Crippen molar-refractivity contribution < 1.29 is 0 Å². The van der Waals surface area contributed by atoms with E-state index >= 15 is 0 Å². The van der Waals surface area contributed by atoms with Crippen molar-refractivity contribution in [1.82, 2.24) is 24.8 Å². The summed E-state index contributed by atoms with van der Waals surface area (Å²) in [6, 6.07) is 9.81. The Morgan fingerprint density at radius 3 is 2.79 bits per heavy atom. The van der Waals surface area contributed by atoms with E-state index in [0.717, 1.165) is 43.0 Å². The highest BCUT2D eigenvalue weighted by Crippen LogP contribution is 2.32. The van der Waals surface area contributed by atoms with Crippen LogP contribution in [0.15, 0.2) is 49.1 Å². The summed E-state index contributed by atoms with van der Waals surface area (Å²) in [5.41, 5.74) is 4.48. The van der Waals surface area contributed by atoms with Crippen LogP contribution in [0.25, 0.3) is 0 Å². The number of hydrogen-bond donors (Lipinski definition) is 1. The summed E-state index contributed by atoms with van der Waals surface area (Å²) in [7, 11) is 0. The van der Waals surface area contributed by atoms with Crippen LogP contribution in [0.1, 0.15) is 41.5 Å². The number of nitriles is 1. The van der Waals surface area contributed by atoms with Gasteiger partial charge in [-0.2, -0.15) is 5.26 Å². The highest BCUT2D eigenvalue weighted by atomic mass is 15.2. The largest absolute Gasteiger partial charge is 0.338 e. The Bertz CT molecular complexity index is 977. The van der Waals surface area contributed by atoms with Gasteiger partial charge < -0.3 is 5.32 Å². The van der Waals surface area contributed by atoms with Crippen molar-refractivity contribution in [3.63, 3.8) is 0 Å². The number of anilines is 2. The highest BCUT2D eigenvalue weighted by molar-refractivity contribution is 5.54. The molecule has 4 rings (SSSR count). The SMILES string of the molecule is Cc1cccnc1CN1CCCC1c1cnc(Nc2ccc(C#N)nc2)cn1. The molecule has 7 nitrogen and oxygen atoms in total. The molecule has 1 saturated heterocycles. The molecule has 3 aromatic heterocycles. The third kappa shape index (κ3) is 3.97. The number of likely N-dealkylation sites (tertiary alicyclic amines) is 1. The molecular weight excluding hydrogens is 350 g/mol. The van der Waals surface area contributed by atoms with Crippen LogP contribution in [0.3, 0.4) is 0 Å².